The number of rotatable bonds is 4. The lowest BCUT2D eigenvalue weighted by atomic mass is 10.2. The van der Waals surface area contributed by atoms with Gasteiger partial charge in [0.05, 0.1) is 11.3 Å². The summed E-state index contributed by atoms with van der Waals surface area (Å²) in [4.78, 5) is 51.4. The molecule has 0 saturated carbocycles. The highest BCUT2D eigenvalue weighted by Crippen LogP contribution is 2.19. The molecule has 0 aliphatic heterocycles. The van der Waals surface area contributed by atoms with E-state index >= 15 is 0 Å². The van der Waals surface area contributed by atoms with Gasteiger partial charge in [-0.3, -0.25) is 28.8 Å². The van der Waals surface area contributed by atoms with Gasteiger partial charge in [0.25, 0.3) is 11.2 Å². The molecule has 0 radical (unpaired) electrons. The summed E-state index contributed by atoms with van der Waals surface area (Å²) in [5.41, 5.74) is -0.713. The van der Waals surface area contributed by atoms with E-state index in [4.69, 9.17) is 0 Å². The fraction of sp³-hybridized carbons (Fsp3) is 0.250. The molecule has 11 nitrogen and oxygen atoms in total. The summed E-state index contributed by atoms with van der Waals surface area (Å²) in [5.74, 6) is -0.495. The van der Waals surface area contributed by atoms with Crippen molar-refractivity contribution in [1.29, 1.82) is 0 Å². The smallest absolute Gasteiger partial charge is 0.324 e. The number of nitrogens with zero attached hydrogens (tertiary/aromatic N) is 5. The maximum Gasteiger partial charge on any atom is 0.332 e. The minimum Gasteiger partial charge on any atom is -0.324 e. The predicted octanol–water partition coefficient (Wildman–Crippen LogP) is 0.542. The molecule has 0 aliphatic rings. The van der Waals surface area contributed by atoms with Crippen molar-refractivity contribution in [2.75, 3.05) is 5.32 Å². The number of fused-ring (bicyclic) bond motifs is 1. The van der Waals surface area contributed by atoms with E-state index in [-0.39, 0.29) is 22.5 Å². The van der Waals surface area contributed by atoms with E-state index in [2.05, 4.69) is 10.3 Å². The number of carbonyl (C=O) groups excluding carboxylic acids is 1. The minimum absolute atomic E-state index is 0.112. The molecule has 1 atom stereocenters. The molecule has 140 valence electrons. The van der Waals surface area contributed by atoms with Gasteiger partial charge < -0.3 is 9.88 Å². The molecule has 1 N–H and O–H groups in total. The van der Waals surface area contributed by atoms with E-state index in [1.165, 1.54) is 53.8 Å². The van der Waals surface area contributed by atoms with Crippen molar-refractivity contribution in [3.8, 4) is 0 Å². The van der Waals surface area contributed by atoms with E-state index in [1.807, 2.05) is 0 Å². The molecule has 0 fully saturated rings. The van der Waals surface area contributed by atoms with Crippen molar-refractivity contribution in [2.24, 2.45) is 14.1 Å². The second kappa shape index (κ2) is 6.52. The average molecular weight is 372 g/mol. The normalized spacial score (nSPS) is 12.1. The van der Waals surface area contributed by atoms with Crippen LogP contribution in [0, 0.1) is 10.1 Å². The number of aryl methyl sites for hydroxylation is 1. The highest BCUT2D eigenvalue weighted by molar-refractivity contribution is 5.94. The van der Waals surface area contributed by atoms with Crippen LogP contribution in [0.5, 0.6) is 0 Å². The average Bonchev–Trinajstić information content (AvgIpc) is 3.09. The molecule has 0 spiro atoms. The van der Waals surface area contributed by atoms with Gasteiger partial charge in [0, 0.05) is 31.9 Å². The van der Waals surface area contributed by atoms with Crippen LogP contribution < -0.4 is 16.6 Å². The zero-order chi connectivity index (χ0) is 19.9. The van der Waals surface area contributed by atoms with Crippen molar-refractivity contribution in [2.45, 2.75) is 13.0 Å². The van der Waals surface area contributed by atoms with Gasteiger partial charge in [0.15, 0.2) is 11.2 Å². The summed E-state index contributed by atoms with van der Waals surface area (Å²) in [6.07, 6.45) is 1.31. The Morgan fingerprint density at radius 2 is 1.96 bits per heavy atom. The zero-order valence-corrected chi connectivity index (χ0v) is 14.7. The van der Waals surface area contributed by atoms with E-state index < -0.39 is 28.1 Å². The van der Waals surface area contributed by atoms with Crippen LogP contribution in [0.3, 0.4) is 0 Å². The van der Waals surface area contributed by atoms with Crippen LogP contribution in [0.2, 0.25) is 0 Å². The summed E-state index contributed by atoms with van der Waals surface area (Å²) < 4.78 is 3.52. The molecule has 1 unspecified atom stereocenters. The molecule has 2 aromatic heterocycles. The quantitative estimate of drug-likeness (QED) is 0.525. The second-order valence-corrected chi connectivity index (χ2v) is 6.00. The summed E-state index contributed by atoms with van der Waals surface area (Å²) in [5, 5.41) is 13.4. The minimum atomic E-state index is -0.848. The number of benzene rings is 1. The van der Waals surface area contributed by atoms with Crippen LogP contribution in [0.15, 0.2) is 40.2 Å². The lowest BCUT2D eigenvalue weighted by molar-refractivity contribution is -0.384. The molecular weight excluding hydrogens is 356 g/mol. The SMILES string of the molecule is CC(C(=O)Nc1cccc([N+](=O)[O-])c1)n1cnc2c1c(=O)n(C)c(=O)n2C. The molecule has 2 heterocycles. The summed E-state index contributed by atoms with van der Waals surface area (Å²) in [6.45, 7) is 1.55. The van der Waals surface area contributed by atoms with Gasteiger partial charge in [0.2, 0.25) is 5.91 Å². The standard InChI is InChI=1S/C16H16N6O5/c1-9(14(23)18-10-5-4-6-11(7-10)22(26)27)21-8-17-13-12(21)15(24)20(3)16(25)19(13)2/h4-9H,1-3H3,(H,18,23). The van der Waals surface area contributed by atoms with Crippen LogP contribution in [-0.2, 0) is 18.9 Å². The maximum absolute atomic E-state index is 12.6. The van der Waals surface area contributed by atoms with Gasteiger partial charge in [-0.05, 0) is 13.0 Å². The number of carbonyl (C=O) groups is 1. The number of amides is 1. The zero-order valence-electron chi connectivity index (χ0n) is 14.7. The van der Waals surface area contributed by atoms with Crippen molar-refractivity contribution in [3.63, 3.8) is 0 Å². The third kappa shape index (κ3) is 2.99. The van der Waals surface area contributed by atoms with Gasteiger partial charge >= 0.3 is 5.69 Å². The number of nitro groups is 1. The van der Waals surface area contributed by atoms with Crippen LogP contribution in [0.4, 0.5) is 11.4 Å². The highest BCUT2D eigenvalue weighted by atomic mass is 16.6. The molecule has 1 aromatic carbocycles. The number of nitrogens with one attached hydrogen (secondary N) is 1. The molecule has 27 heavy (non-hydrogen) atoms. The summed E-state index contributed by atoms with van der Waals surface area (Å²) >= 11 is 0. The van der Waals surface area contributed by atoms with Gasteiger partial charge in [-0.15, -0.1) is 0 Å². The van der Waals surface area contributed by atoms with Crippen molar-refractivity contribution < 1.29 is 9.72 Å². The number of nitro benzene ring substituents is 1. The van der Waals surface area contributed by atoms with E-state index in [9.17, 15) is 24.5 Å². The lowest BCUT2D eigenvalue weighted by Crippen LogP contribution is -2.38. The highest BCUT2D eigenvalue weighted by Gasteiger charge is 2.22. The number of aromatic nitrogens is 4. The molecular formula is C16H16N6O5. The Labute approximate surface area is 151 Å². The Kier molecular flexibility index (Phi) is 4.35. The molecule has 3 aromatic rings. The first-order valence-corrected chi connectivity index (χ1v) is 7.90. The van der Waals surface area contributed by atoms with E-state index in [0.29, 0.717) is 0 Å². The topological polar surface area (TPSA) is 134 Å². The van der Waals surface area contributed by atoms with Crippen LogP contribution in [0.1, 0.15) is 13.0 Å². The van der Waals surface area contributed by atoms with Crippen LogP contribution in [0.25, 0.3) is 11.2 Å². The second-order valence-electron chi connectivity index (χ2n) is 6.00. The Morgan fingerprint density at radius 3 is 2.63 bits per heavy atom. The Bertz CT molecular complexity index is 1190. The van der Waals surface area contributed by atoms with Crippen LogP contribution >= 0.6 is 0 Å². The number of imidazole rings is 1. The number of non-ortho nitro benzene ring substituents is 1. The fourth-order valence-corrected chi connectivity index (χ4v) is 2.73. The first kappa shape index (κ1) is 18.0. The van der Waals surface area contributed by atoms with Gasteiger partial charge in [-0.2, -0.15) is 0 Å². The fourth-order valence-electron chi connectivity index (χ4n) is 2.73. The number of hydrogen-bond acceptors (Lipinski definition) is 6. The van der Waals surface area contributed by atoms with Gasteiger partial charge in [-0.1, -0.05) is 6.07 Å². The monoisotopic (exact) mass is 372 g/mol. The number of hydrogen-bond donors (Lipinski definition) is 1. The van der Waals surface area contributed by atoms with Crippen LogP contribution in [-0.4, -0.2) is 29.5 Å². The Hall–Kier alpha value is -3.76. The lowest BCUT2D eigenvalue weighted by Gasteiger charge is -2.14. The largest absolute Gasteiger partial charge is 0.332 e. The molecule has 0 saturated heterocycles. The molecule has 3 rings (SSSR count). The first-order valence-electron chi connectivity index (χ1n) is 7.90. The molecule has 11 heteroatoms. The third-order valence-corrected chi connectivity index (χ3v) is 4.29. The van der Waals surface area contributed by atoms with Crippen molar-refractivity contribution in [1.82, 2.24) is 18.7 Å². The van der Waals surface area contributed by atoms with Crippen molar-refractivity contribution in [3.05, 3.63) is 61.5 Å². The maximum atomic E-state index is 12.6. The molecule has 0 bridgehead atoms. The molecule has 0 aliphatic carbocycles. The Morgan fingerprint density at radius 1 is 1.26 bits per heavy atom. The summed E-state index contributed by atoms with van der Waals surface area (Å²) in [6, 6.07) is 4.68. The first-order chi connectivity index (χ1) is 12.7. The van der Waals surface area contributed by atoms with Gasteiger partial charge in [0.1, 0.15) is 6.04 Å². The Balaban J connectivity index is 1.99. The number of anilines is 1. The predicted molar refractivity (Wildman–Crippen MR) is 96.7 cm³/mol. The van der Waals surface area contributed by atoms with Gasteiger partial charge in [-0.25, -0.2) is 9.78 Å². The molecule has 1 amide bonds. The third-order valence-electron chi connectivity index (χ3n) is 4.29. The van der Waals surface area contributed by atoms with Crippen molar-refractivity contribution >= 4 is 28.4 Å². The summed E-state index contributed by atoms with van der Waals surface area (Å²) in [7, 11) is 2.82. The van der Waals surface area contributed by atoms with E-state index in [1.54, 1.807) is 6.92 Å². The van der Waals surface area contributed by atoms with E-state index in [0.717, 1.165) is 4.57 Å².